The predicted octanol–water partition coefficient (Wildman–Crippen LogP) is 4.19. The normalized spacial score (nSPS) is 23.2. The molecule has 0 N–H and O–H groups in total. The number of nitrogens with zero attached hydrogens (tertiary/aromatic N) is 2. The minimum absolute atomic E-state index is 0.318. The van der Waals surface area contributed by atoms with Crippen LogP contribution in [0.1, 0.15) is 17.2 Å². The number of hydrogen-bond donors (Lipinski definition) is 0. The van der Waals surface area contributed by atoms with Crippen molar-refractivity contribution in [2.45, 2.75) is 19.1 Å². The van der Waals surface area contributed by atoms with Crippen LogP contribution in [0.25, 0.3) is 0 Å². The Morgan fingerprint density at radius 3 is 2.13 bits per heavy atom. The van der Waals surface area contributed by atoms with Crippen molar-refractivity contribution in [2.75, 3.05) is 9.96 Å². The minimum atomic E-state index is -0.936. The van der Waals surface area contributed by atoms with E-state index in [4.69, 9.17) is 4.84 Å². The van der Waals surface area contributed by atoms with E-state index in [1.54, 1.807) is 29.3 Å². The molecule has 3 atom stereocenters. The lowest BCUT2D eigenvalue weighted by atomic mass is 9.90. The van der Waals surface area contributed by atoms with E-state index in [9.17, 15) is 14.0 Å². The van der Waals surface area contributed by atoms with E-state index in [0.29, 0.717) is 11.3 Å². The van der Waals surface area contributed by atoms with Crippen molar-refractivity contribution >= 4 is 23.2 Å². The highest BCUT2D eigenvalue weighted by atomic mass is 19.1. The summed E-state index contributed by atoms with van der Waals surface area (Å²) in [5.41, 5.74) is 3.00. The molecule has 0 spiro atoms. The molecule has 2 heterocycles. The van der Waals surface area contributed by atoms with Crippen LogP contribution in [0.15, 0.2) is 78.9 Å². The second-order valence-corrected chi connectivity index (χ2v) is 7.56. The van der Waals surface area contributed by atoms with E-state index in [2.05, 4.69) is 0 Å². The molecule has 3 aromatic rings. The van der Waals surface area contributed by atoms with Crippen molar-refractivity contribution in [3.05, 3.63) is 95.8 Å². The molecule has 0 aliphatic carbocycles. The van der Waals surface area contributed by atoms with Gasteiger partial charge in [-0.2, -0.15) is 0 Å². The Hall–Kier alpha value is -3.51. The number of imide groups is 1. The third-order valence-corrected chi connectivity index (χ3v) is 5.63. The molecule has 2 aliphatic heterocycles. The average molecular weight is 402 g/mol. The van der Waals surface area contributed by atoms with Crippen molar-refractivity contribution < 1.29 is 18.8 Å². The number of carbonyl (C=O) groups excluding carboxylic acids is 2. The van der Waals surface area contributed by atoms with Gasteiger partial charge in [0.15, 0.2) is 6.10 Å². The lowest BCUT2D eigenvalue weighted by Gasteiger charge is -2.28. The van der Waals surface area contributed by atoms with Crippen LogP contribution in [0.3, 0.4) is 0 Å². The first-order valence-electron chi connectivity index (χ1n) is 9.75. The molecular formula is C24H19FN2O3. The molecule has 2 amide bonds. The molecule has 3 aromatic carbocycles. The number of rotatable bonds is 3. The zero-order chi connectivity index (χ0) is 20.8. The lowest BCUT2D eigenvalue weighted by molar-refractivity contribution is -0.126. The number of benzene rings is 3. The molecule has 0 aromatic heterocycles. The van der Waals surface area contributed by atoms with Crippen LogP contribution < -0.4 is 9.96 Å². The Morgan fingerprint density at radius 2 is 1.47 bits per heavy atom. The number of hydrogen-bond acceptors (Lipinski definition) is 4. The fourth-order valence-corrected chi connectivity index (χ4v) is 4.16. The summed E-state index contributed by atoms with van der Waals surface area (Å²) < 4.78 is 13.5. The summed E-state index contributed by atoms with van der Waals surface area (Å²) in [7, 11) is 0. The average Bonchev–Trinajstić information content (AvgIpc) is 3.27. The highest BCUT2D eigenvalue weighted by Gasteiger charge is 2.60. The van der Waals surface area contributed by atoms with Gasteiger partial charge in [0, 0.05) is 0 Å². The first kappa shape index (κ1) is 18.5. The van der Waals surface area contributed by atoms with Gasteiger partial charge in [-0.3, -0.25) is 14.4 Å². The summed E-state index contributed by atoms with van der Waals surface area (Å²) in [5.74, 6) is -1.80. The zero-order valence-corrected chi connectivity index (χ0v) is 16.2. The van der Waals surface area contributed by atoms with Crippen molar-refractivity contribution in [3.63, 3.8) is 0 Å². The Balaban J connectivity index is 1.58. The van der Waals surface area contributed by atoms with E-state index < -0.39 is 18.1 Å². The molecule has 2 aliphatic rings. The molecule has 2 saturated heterocycles. The van der Waals surface area contributed by atoms with Crippen LogP contribution in [-0.2, 0) is 14.4 Å². The largest absolute Gasteiger partial charge is 0.273 e. The summed E-state index contributed by atoms with van der Waals surface area (Å²) in [6.07, 6.45) is -0.936. The van der Waals surface area contributed by atoms with Crippen molar-refractivity contribution in [1.29, 1.82) is 0 Å². The summed E-state index contributed by atoms with van der Waals surface area (Å²) in [6.45, 7) is 1.94. The SMILES string of the molecule is Cc1ccc(N2C(=O)[C@@H]3[C@H](ON(c4ccccc4)[C@@H]3c3ccc(F)cc3)C2=O)cc1. The molecule has 0 saturated carbocycles. The van der Waals surface area contributed by atoms with E-state index in [1.807, 2.05) is 49.4 Å². The summed E-state index contributed by atoms with van der Waals surface area (Å²) in [6, 6.07) is 22.0. The van der Waals surface area contributed by atoms with Gasteiger partial charge in [0.2, 0.25) is 5.91 Å². The van der Waals surface area contributed by atoms with Gasteiger partial charge in [-0.25, -0.2) is 14.4 Å². The third-order valence-electron chi connectivity index (χ3n) is 5.63. The highest BCUT2D eigenvalue weighted by molar-refractivity contribution is 6.23. The van der Waals surface area contributed by atoms with Gasteiger partial charge >= 0.3 is 0 Å². The first-order chi connectivity index (χ1) is 14.5. The quantitative estimate of drug-likeness (QED) is 0.617. The number of aryl methyl sites for hydroxylation is 1. The van der Waals surface area contributed by atoms with Gasteiger partial charge < -0.3 is 0 Å². The maximum atomic E-state index is 13.5. The Kier molecular flexibility index (Phi) is 4.37. The topological polar surface area (TPSA) is 49.9 Å². The van der Waals surface area contributed by atoms with Crippen LogP contribution in [0.4, 0.5) is 15.8 Å². The molecule has 5 rings (SSSR count). The molecule has 0 radical (unpaired) electrons. The van der Waals surface area contributed by atoms with Crippen LogP contribution >= 0.6 is 0 Å². The number of para-hydroxylation sites is 1. The van der Waals surface area contributed by atoms with Gasteiger partial charge in [-0.05, 0) is 48.9 Å². The number of fused-ring (bicyclic) bond motifs is 1. The van der Waals surface area contributed by atoms with Gasteiger partial charge in [-0.1, -0.05) is 48.0 Å². The van der Waals surface area contributed by atoms with Gasteiger partial charge in [0.05, 0.1) is 17.4 Å². The molecule has 2 fully saturated rings. The van der Waals surface area contributed by atoms with Crippen molar-refractivity contribution in [1.82, 2.24) is 0 Å². The monoisotopic (exact) mass is 402 g/mol. The minimum Gasteiger partial charge on any atom is -0.273 e. The Morgan fingerprint density at radius 1 is 0.800 bits per heavy atom. The van der Waals surface area contributed by atoms with Crippen LogP contribution in [-0.4, -0.2) is 17.9 Å². The second-order valence-electron chi connectivity index (χ2n) is 7.56. The number of hydroxylamine groups is 1. The number of anilines is 2. The zero-order valence-electron chi connectivity index (χ0n) is 16.2. The van der Waals surface area contributed by atoms with E-state index in [-0.39, 0.29) is 17.6 Å². The highest BCUT2D eigenvalue weighted by Crippen LogP contribution is 2.47. The molecule has 0 bridgehead atoms. The summed E-state index contributed by atoms with van der Waals surface area (Å²) in [4.78, 5) is 33.9. The van der Waals surface area contributed by atoms with Gasteiger partial charge in [0.25, 0.3) is 5.91 Å². The fourth-order valence-electron chi connectivity index (χ4n) is 4.16. The molecule has 30 heavy (non-hydrogen) atoms. The third kappa shape index (κ3) is 2.88. The van der Waals surface area contributed by atoms with Crippen LogP contribution in [0, 0.1) is 18.7 Å². The van der Waals surface area contributed by atoms with Crippen LogP contribution in [0.5, 0.6) is 0 Å². The molecule has 150 valence electrons. The fraction of sp³-hybridized carbons (Fsp3) is 0.167. The predicted molar refractivity (Wildman–Crippen MR) is 110 cm³/mol. The molecule has 6 heteroatoms. The van der Waals surface area contributed by atoms with E-state index in [1.165, 1.54) is 17.0 Å². The maximum Gasteiger partial charge on any atom is 0.266 e. The first-order valence-corrected chi connectivity index (χ1v) is 9.75. The summed E-state index contributed by atoms with van der Waals surface area (Å²) >= 11 is 0. The number of halogens is 1. The Labute approximate surface area is 173 Å². The summed E-state index contributed by atoms with van der Waals surface area (Å²) in [5, 5.41) is 1.60. The number of amides is 2. The van der Waals surface area contributed by atoms with E-state index >= 15 is 0 Å². The van der Waals surface area contributed by atoms with E-state index in [0.717, 1.165) is 11.3 Å². The standard InChI is InChI=1S/C24H19FN2O3/c1-15-7-13-18(14-8-15)26-23(28)20-21(16-9-11-17(25)12-10-16)27(30-22(20)24(26)29)19-5-3-2-4-6-19/h2-14,20-22H,1H3/t20-,21+,22-/m0/s1. The molecule has 0 unspecified atom stereocenters. The van der Waals surface area contributed by atoms with Gasteiger partial charge in [0.1, 0.15) is 11.7 Å². The smallest absolute Gasteiger partial charge is 0.266 e. The second kappa shape index (κ2) is 7.07. The Bertz CT molecular complexity index is 1100. The van der Waals surface area contributed by atoms with Gasteiger partial charge in [-0.15, -0.1) is 0 Å². The van der Waals surface area contributed by atoms with Crippen molar-refractivity contribution in [3.8, 4) is 0 Å². The molecule has 5 nitrogen and oxygen atoms in total. The van der Waals surface area contributed by atoms with Crippen molar-refractivity contribution in [2.24, 2.45) is 5.92 Å². The lowest BCUT2D eigenvalue weighted by Crippen LogP contribution is -2.37. The maximum absolute atomic E-state index is 13.5. The number of carbonyl (C=O) groups is 2. The van der Waals surface area contributed by atoms with Crippen LogP contribution in [0.2, 0.25) is 0 Å². The molecular weight excluding hydrogens is 383 g/mol.